The fourth-order valence-electron chi connectivity index (χ4n) is 1.20. The third-order valence-electron chi connectivity index (χ3n) is 1.96. The molecule has 0 atom stereocenters. The van der Waals surface area contributed by atoms with E-state index >= 15 is 0 Å². The fraction of sp³-hybridized carbons (Fsp3) is 0.364. The molecule has 14 heavy (non-hydrogen) atoms. The van der Waals surface area contributed by atoms with Gasteiger partial charge in [0.1, 0.15) is 0 Å². The molecule has 0 fully saturated rings. The Bertz CT molecular complexity index is 379. The SMILES string of the molecule is [CH-]=Cc1[c-]n(C)c(=O)c(C(C)C)c1.[W+2]. The minimum Gasteiger partial charge on any atom is -0.415 e. The van der Waals surface area contributed by atoms with Crippen molar-refractivity contribution < 1.29 is 21.1 Å². The van der Waals surface area contributed by atoms with Crippen LogP contribution >= 0.6 is 0 Å². The molecular weight excluding hydrogens is 346 g/mol. The van der Waals surface area contributed by atoms with Gasteiger partial charge in [0.15, 0.2) is 5.56 Å². The molecule has 0 aliphatic heterocycles. The number of hydrogen-bond donors (Lipinski definition) is 0. The predicted octanol–water partition coefficient (Wildman–Crippen LogP) is 1.75. The molecule has 74 valence electrons. The van der Waals surface area contributed by atoms with Crippen molar-refractivity contribution in [2.75, 3.05) is 0 Å². The van der Waals surface area contributed by atoms with Gasteiger partial charge in [0.25, 0.3) is 0 Å². The molecular formula is C11H13NOW. The number of rotatable bonds is 2. The Kier molecular flexibility index (Phi) is 5.07. The van der Waals surface area contributed by atoms with E-state index in [2.05, 4.69) is 6.20 Å². The van der Waals surface area contributed by atoms with Crippen molar-refractivity contribution in [3.05, 3.63) is 40.3 Å². The normalized spacial score (nSPS) is 9.71. The summed E-state index contributed by atoms with van der Waals surface area (Å²) in [6.45, 7) is 9.33. The largest absolute Gasteiger partial charge is 2.00 e. The van der Waals surface area contributed by atoms with E-state index in [1.165, 1.54) is 10.6 Å². The fourth-order valence-corrected chi connectivity index (χ4v) is 1.20. The van der Waals surface area contributed by atoms with Gasteiger partial charge in [-0.25, -0.2) is 6.07 Å². The van der Waals surface area contributed by atoms with Gasteiger partial charge >= 0.3 is 21.1 Å². The minimum absolute atomic E-state index is 0. The second-order valence-electron chi connectivity index (χ2n) is 3.35. The zero-order valence-electron chi connectivity index (χ0n) is 8.57. The van der Waals surface area contributed by atoms with Gasteiger partial charge in [-0.15, -0.1) is 0 Å². The van der Waals surface area contributed by atoms with Crippen LogP contribution in [0.3, 0.4) is 0 Å². The summed E-state index contributed by atoms with van der Waals surface area (Å²) in [5.41, 5.74) is 1.53. The second-order valence-corrected chi connectivity index (χ2v) is 3.35. The van der Waals surface area contributed by atoms with Crippen LogP contribution in [0.4, 0.5) is 0 Å². The van der Waals surface area contributed by atoms with Gasteiger partial charge in [-0.05, 0) is 13.0 Å². The molecule has 3 heteroatoms. The van der Waals surface area contributed by atoms with Gasteiger partial charge in [-0.3, -0.25) is 5.56 Å². The predicted molar refractivity (Wildman–Crippen MR) is 53.4 cm³/mol. The van der Waals surface area contributed by atoms with E-state index in [1.54, 1.807) is 13.1 Å². The summed E-state index contributed by atoms with van der Waals surface area (Å²) in [4.78, 5) is 11.6. The topological polar surface area (TPSA) is 22.0 Å². The first-order valence-electron chi connectivity index (χ1n) is 4.24. The Labute approximate surface area is 98.9 Å². The number of aryl methyl sites for hydroxylation is 1. The average molecular weight is 359 g/mol. The van der Waals surface area contributed by atoms with Gasteiger partial charge in [-0.2, -0.15) is 6.20 Å². The maximum atomic E-state index is 11.6. The summed E-state index contributed by atoms with van der Waals surface area (Å²) < 4.78 is 1.44. The first-order chi connectivity index (χ1) is 6.06. The Hall–Kier alpha value is -0.622. The van der Waals surface area contributed by atoms with E-state index in [0.717, 1.165) is 11.1 Å². The molecule has 0 amide bonds. The molecule has 0 N–H and O–H groups in total. The minimum atomic E-state index is 0. The molecule has 1 heterocycles. The van der Waals surface area contributed by atoms with E-state index < -0.39 is 0 Å². The Morgan fingerprint density at radius 2 is 2.14 bits per heavy atom. The maximum absolute atomic E-state index is 11.6. The Balaban J connectivity index is 0.00000169. The molecule has 0 radical (unpaired) electrons. The zero-order chi connectivity index (χ0) is 10.0. The summed E-state index contributed by atoms with van der Waals surface area (Å²) in [6, 6.07) is 1.78. The van der Waals surface area contributed by atoms with Crippen LogP contribution in [0.15, 0.2) is 10.9 Å². The first kappa shape index (κ1) is 13.4. The van der Waals surface area contributed by atoms with Gasteiger partial charge in [0.05, 0.1) is 0 Å². The van der Waals surface area contributed by atoms with E-state index in [9.17, 15) is 4.79 Å². The second kappa shape index (κ2) is 5.31. The Morgan fingerprint density at radius 3 is 2.57 bits per heavy atom. The first-order valence-corrected chi connectivity index (χ1v) is 4.24. The van der Waals surface area contributed by atoms with Crippen LogP contribution in [0.5, 0.6) is 0 Å². The smallest absolute Gasteiger partial charge is 0.415 e. The third kappa shape index (κ3) is 2.68. The quantitative estimate of drug-likeness (QED) is 0.738. The molecule has 2 nitrogen and oxygen atoms in total. The molecule has 0 saturated heterocycles. The van der Waals surface area contributed by atoms with Crippen LogP contribution in [0.25, 0.3) is 6.08 Å². The third-order valence-corrected chi connectivity index (χ3v) is 1.96. The molecule has 0 aliphatic rings. The van der Waals surface area contributed by atoms with Crippen molar-refractivity contribution in [2.24, 2.45) is 7.05 Å². The monoisotopic (exact) mass is 359 g/mol. The van der Waals surface area contributed by atoms with Crippen molar-refractivity contribution in [2.45, 2.75) is 19.8 Å². The van der Waals surface area contributed by atoms with Crippen LogP contribution in [-0.2, 0) is 28.1 Å². The maximum Gasteiger partial charge on any atom is 2.00 e. The summed E-state index contributed by atoms with van der Waals surface area (Å²) >= 11 is 0. The molecule has 1 aromatic rings. The number of nitrogens with zero attached hydrogens (tertiary/aromatic N) is 1. The summed E-state index contributed by atoms with van der Waals surface area (Å²) in [6.07, 6.45) is 4.29. The summed E-state index contributed by atoms with van der Waals surface area (Å²) in [5.74, 6) is 0.215. The van der Waals surface area contributed by atoms with E-state index in [4.69, 9.17) is 6.58 Å². The number of pyridine rings is 1. The van der Waals surface area contributed by atoms with Crippen LogP contribution in [0.2, 0.25) is 0 Å². The molecule has 0 unspecified atom stereocenters. The summed E-state index contributed by atoms with van der Waals surface area (Å²) in [5, 5.41) is 0. The van der Waals surface area contributed by atoms with Crippen molar-refractivity contribution in [1.29, 1.82) is 0 Å². The molecule has 0 spiro atoms. The zero-order valence-corrected chi connectivity index (χ0v) is 11.5. The standard InChI is InChI=1S/C11H13NO.W/c1-5-9-6-10(8(2)3)11(13)12(4)7-9;/h1,5-6,8H,2-4H3;/q-2;+2. The number of aromatic nitrogens is 1. The van der Waals surface area contributed by atoms with Gasteiger partial charge in [0.2, 0.25) is 0 Å². The van der Waals surface area contributed by atoms with Crippen LogP contribution in [-0.4, -0.2) is 4.57 Å². The molecule has 0 aliphatic carbocycles. The van der Waals surface area contributed by atoms with E-state index in [0.29, 0.717) is 0 Å². The van der Waals surface area contributed by atoms with Crippen molar-refractivity contribution >= 4 is 6.08 Å². The Morgan fingerprint density at radius 1 is 1.57 bits per heavy atom. The molecule has 0 saturated carbocycles. The molecule has 0 bridgehead atoms. The van der Waals surface area contributed by atoms with Crippen molar-refractivity contribution in [1.82, 2.24) is 4.57 Å². The molecule has 1 rings (SSSR count). The van der Waals surface area contributed by atoms with E-state index in [-0.39, 0.29) is 32.5 Å². The molecule has 1 aromatic heterocycles. The van der Waals surface area contributed by atoms with Crippen molar-refractivity contribution in [3.8, 4) is 0 Å². The summed E-state index contributed by atoms with van der Waals surface area (Å²) in [7, 11) is 1.68. The van der Waals surface area contributed by atoms with Gasteiger partial charge in [-0.1, -0.05) is 19.4 Å². The molecule has 0 aromatic carbocycles. The van der Waals surface area contributed by atoms with Gasteiger partial charge in [0, 0.05) is 0 Å². The van der Waals surface area contributed by atoms with Crippen molar-refractivity contribution in [3.63, 3.8) is 0 Å². The van der Waals surface area contributed by atoms with Crippen LogP contribution in [0.1, 0.15) is 30.9 Å². The van der Waals surface area contributed by atoms with Crippen LogP contribution in [0, 0.1) is 12.8 Å². The van der Waals surface area contributed by atoms with E-state index in [1.807, 2.05) is 13.8 Å². The average Bonchev–Trinajstić information content (AvgIpc) is 2.09. The van der Waals surface area contributed by atoms with Crippen LogP contribution < -0.4 is 5.56 Å². The number of hydrogen-bond acceptors (Lipinski definition) is 1. The van der Waals surface area contributed by atoms with Gasteiger partial charge < -0.3 is 22.0 Å².